The molecule has 0 unspecified atom stereocenters. The summed E-state index contributed by atoms with van der Waals surface area (Å²) in [6.07, 6.45) is 0. The van der Waals surface area contributed by atoms with Crippen molar-refractivity contribution in [2.24, 2.45) is 0 Å². The van der Waals surface area contributed by atoms with E-state index in [9.17, 15) is 0 Å². The van der Waals surface area contributed by atoms with E-state index in [4.69, 9.17) is 0 Å². The summed E-state index contributed by atoms with van der Waals surface area (Å²) in [4.78, 5) is 0. The van der Waals surface area contributed by atoms with Crippen LogP contribution >= 0.6 is 0 Å². The zero-order valence-corrected chi connectivity index (χ0v) is 13.8. The van der Waals surface area contributed by atoms with E-state index in [0.717, 1.165) is 10.4 Å². The molecule has 2 nitrogen and oxygen atoms in total. The van der Waals surface area contributed by atoms with Gasteiger partial charge in [0.1, 0.15) is 0 Å². The monoisotopic (exact) mass is 242 g/mol. The van der Waals surface area contributed by atoms with Gasteiger partial charge < -0.3 is 8.88 Å². The highest BCUT2D eigenvalue weighted by molar-refractivity contribution is 6.99. The molecule has 0 aromatic carbocycles. The van der Waals surface area contributed by atoms with E-state index in [0.29, 0.717) is 0 Å². The van der Waals surface area contributed by atoms with Crippen molar-refractivity contribution in [3.8, 4) is 0 Å². The van der Waals surface area contributed by atoms with Crippen LogP contribution < -0.4 is 4.65 Å². The Balaban J connectivity index is 5.13. The first-order valence-electron chi connectivity index (χ1n) is 4.74. The molecule has 0 aromatic rings. The van der Waals surface area contributed by atoms with E-state index >= 15 is 0 Å². The second kappa shape index (κ2) is 5.04. The minimum absolute atomic E-state index is 1.03. The zero-order chi connectivity index (χ0) is 11.4. The van der Waals surface area contributed by atoms with Gasteiger partial charge in [0.25, 0.3) is 0 Å². The molecule has 80 valence electrons. The normalized spacial score (nSPS) is 12.9. The van der Waals surface area contributed by atoms with Crippen LogP contribution in [0.15, 0.2) is 36.8 Å². The zero-order valence-electron chi connectivity index (χ0n) is 9.80. The van der Waals surface area contributed by atoms with Crippen LogP contribution in [0.2, 0.25) is 13.1 Å². The minimum Gasteiger partial charge on any atom is -0.355 e. The summed E-state index contributed by atoms with van der Waals surface area (Å²) in [5.41, 5.74) is 6.09. The van der Waals surface area contributed by atoms with Gasteiger partial charge in [-0.15, -0.1) is 19.7 Å². The lowest BCUT2D eigenvalue weighted by Crippen LogP contribution is -2.66. The Morgan fingerprint density at radius 3 is 1.71 bits per heavy atom. The topological polar surface area (TPSA) is 15.3 Å². The fraction of sp³-hybridized carbons (Fsp3) is 0.333. The maximum absolute atomic E-state index is 3.93. The molecule has 5 heteroatoms. The number of nitrogens with zero attached hydrogens (tertiary/aromatic N) is 1. The predicted molar refractivity (Wildman–Crippen MR) is 74.7 cm³/mol. The molecule has 0 saturated carbocycles. The number of hydrogen-bond acceptors (Lipinski definition) is 2. The minimum atomic E-state index is -1.83. The van der Waals surface area contributed by atoms with Crippen molar-refractivity contribution in [1.82, 2.24) is 8.88 Å². The first-order valence-corrected chi connectivity index (χ1v) is 10.9. The summed E-state index contributed by atoms with van der Waals surface area (Å²) >= 11 is 0. The smallest absolute Gasteiger partial charge is 0.195 e. The molecule has 0 saturated heterocycles. The fourth-order valence-corrected chi connectivity index (χ4v) is 9.68. The first kappa shape index (κ1) is 13.8. The molecular weight excluding hydrogens is 220 g/mol. The van der Waals surface area contributed by atoms with Crippen LogP contribution in [0, 0.1) is 0 Å². The van der Waals surface area contributed by atoms with Crippen molar-refractivity contribution in [3.05, 3.63) is 36.8 Å². The van der Waals surface area contributed by atoms with E-state index in [1.54, 1.807) is 0 Å². The van der Waals surface area contributed by atoms with Crippen LogP contribution in [-0.2, 0) is 0 Å². The van der Waals surface area contributed by atoms with E-state index in [1.165, 1.54) is 0 Å². The van der Waals surface area contributed by atoms with Gasteiger partial charge in [0.2, 0.25) is 0 Å². The highest BCUT2D eigenvalue weighted by Gasteiger charge is 2.38. The molecule has 0 aromatic heterocycles. The van der Waals surface area contributed by atoms with Gasteiger partial charge >= 0.3 is 0 Å². The van der Waals surface area contributed by atoms with Crippen molar-refractivity contribution in [2.75, 3.05) is 7.05 Å². The maximum atomic E-state index is 3.93. The van der Waals surface area contributed by atoms with Gasteiger partial charge in [-0.1, -0.05) is 17.1 Å². The quantitative estimate of drug-likeness (QED) is 0.687. The molecule has 0 bridgehead atoms. The van der Waals surface area contributed by atoms with Gasteiger partial charge in [-0.3, -0.25) is 0 Å². The molecule has 0 atom stereocenters. The molecule has 0 fully saturated rings. The molecule has 0 rings (SSSR count). The lowest BCUT2D eigenvalue weighted by molar-refractivity contribution is 0.759. The van der Waals surface area contributed by atoms with E-state index in [-0.39, 0.29) is 0 Å². The average Bonchev–Trinajstić information content (AvgIpc) is 2.21. The second-order valence-electron chi connectivity index (χ2n) is 3.87. The molecule has 0 spiro atoms. The van der Waals surface area contributed by atoms with Crippen molar-refractivity contribution < 1.29 is 0 Å². The summed E-state index contributed by atoms with van der Waals surface area (Å²) in [5, 5.41) is 0. The number of nitrogens with one attached hydrogen (secondary N) is 1. The van der Waals surface area contributed by atoms with Crippen LogP contribution in [-0.4, -0.2) is 38.3 Å². The molecule has 0 heterocycles. The second-order valence-corrected chi connectivity index (χ2v) is 13.8. The molecule has 0 aliphatic heterocycles. The van der Waals surface area contributed by atoms with E-state index in [1.807, 2.05) is 17.1 Å². The Morgan fingerprint density at radius 2 is 1.50 bits per heavy atom. The Labute approximate surface area is 93.2 Å². The Morgan fingerprint density at radius 1 is 1.14 bits per heavy atom. The third-order valence-electron chi connectivity index (χ3n) is 3.01. The summed E-state index contributed by atoms with van der Waals surface area (Å²) < 4.78 is 5.99. The number of rotatable bonds is 6. The van der Waals surface area contributed by atoms with Gasteiger partial charge in [0.05, 0.1) is 10.4 Å². The van der Waals surface area contributed by atoms with E-state index < -0.39 is 16.6 Å². The van der Waals surface area contributed by atoms with Gasteiger partial charge in [0, 0.05) is 0 Å². The maximum Gasteiger partial charge on any atom is 0.195 e. The average molecular weight is 243 g/mol. The van der Waals surface area contributed by atoms with Crippen molar-refractivity contribution in [3.63, 3.8) is 0 Å². The molecule has 0 aliphatic carbocycles. The van der Waals surface area contributed by atoms with Gasteiger partial charge in [-0.25, -0.2) is 0 Å². The van der Waals surface area contributed by atoms with Crippen LogP contribution in [0.3, 0.4) is 0 Å². The van der Waals surface area contributed by atoms with Gasteiger partial charge in [-0.2, -0.15) is 0 Å². The lowest BCUT2D eigenvalue weighted by Gasteiger charge is -2.42. The molecule has 0 aliphatic rings. The largest absolute Gasteiger partial charge is 0.355 e. The van der Waals surface area contributed by atoms with E-state index in [2.05, 4.69) is 48.8 Å². The van der Waals surface area contributed by atoms with Crippen LogP contribution in [0.4, 0.5) is 0 Å². The summed E-state index contributed by atoms with van der Waals surface area (Å²) in [5.74, 6) is 0. The predicted octanol–water partition coefficient (Wildman–Crippen LogP) is 0.611. The third-order valence-corrected chi connectivity index (χ3v) is 15.5. The first-order chi connectivity index (χ1) is 6.40. The Bertz CT molecular complexity index is 216. The summed E-state index contributed by atoms with van der Waals surface area (Å²) in [6.45, 7) is 16.4. The van der Waals surface area contributed by atoms with Crippen LogP contribution in [0.25, 0.3) is 0 Å². The molecule has 14 heavy (non-hydrogen) atoms. The van der Waals surface area contributed by atoms with Crippen LogP contribution in [0.1, 0.15) is 0 Å². The van der Waals surface area contributed by atoms with Crippen molar-refractivity contribution in [1.29, 1.82) is 0 Å². The molecule has 0 radical (unpaired) electrons. The number of hydrogen-bond donors (Lipinski definition) is 1. The highest BCUT2D eigenvalue weighted by atomic mass is 28.4. The summed E-state index contributed by atoms with van der Waals surface area (Å²) in [6, 6.07) is 0. The van der Waals surface area contributed by atoms with Gasteiger partial charge in [0.15, 0.2) is 16.6 Å². The Hall–Kier alpha value is -0.209. The molecule has 1 N–H and O–H groups in total. The van der Waals surface area contributed by atoms with Gasteiger partial charge in [-0.05, 0) is 20.1 Å². The summed E-state index contributed by atoms with van der Waals surface area (Å²) in [7, 11) is -0.130. The molecule has 0 amide bonds. The standard InChI is InChI=1S/C9H22N2Si3/c1-7-14(8-2,9-3)11(4)13(5,6)10-12/h7-10H,1-3H2,4-6,12H3. The SMILES string of the molecule is C=C[Si](C=C)(C=C)N(C)[Si](C)(C)N[SiH3]. The lowest BCUT2D eigenvalue weighted by atomic mass is 11.2. The third kappa shape index (κ3) is 2.43. The van der Waals surface area contributed by atoms with Crippen molar-refractivity contribution >= 4 is 27.0 Å². The highest BCUT2D eigenvalue weighted by Crippen LogP contribution is 2.18. The Kier molecular flexibility index (Phi) is 4.96. The van der Waals surface area contributed by atoms with Crippen molar-refractivity contribution in [2.45, 2.75) is 13.1 Å². The van der Waals surface area contributed by atoms with Crippen LogP contribution in [0.5, 0.6) is 0 Å². The molecular formula is C9H22N2Si3. The fourth-order valence-electron chi connectivity index (χ4n) is 1.31.